The molecular weight excluding hydrogens is 522 g/mol. The lowest BCUT2D eigenvalue weighted by Crippen LogP contribution is -2.48. The summed E-state index contributed by atoms with van der Waals surface area (Å²) in [5, 5.41) is 11.6. The monoisotopic (exact) mass is 555 g/mol. The molecule has 1 saturated heterocycles. The number of pyridine rings is 1. The Morgan fingerprint density at radius 1 is 1.11 bits per heavy atom. The maximum absolute atomic E-state index is 13.9. The van der Waals surface area contributed by atoms with Gasteiger partial charge in [0.05, 0.1) is 29.2 Å². The van der Waals surface area contributed by atoms with E-state index in [0.29, 0.717) is 43.9 Å². The van der Waals surface area contributed by atoms with E-state index >= 15 is 0 Å². The van der Waals surface area contributed by atoms with Gasteiger partial charge in [-0.2, -0.15) is 12.7 Å². The van der Waals surface area contributed by atoms with E-state index in [1.54, 1.807) is 18.0 Å². The molecule has 2 aromatic rings. The molecular formula is C23H33N5O7S2. The summed E-state index contributed by atoms with van der Waals surface area (Å²) in [6.07, 6.45) is 3.30. The Bertz CT molecular complexity index is 1300. The van der Waals surface area contributed by atoms with E-state index in [1.807, 2.05) is 25.1 Å². The van der Waals surface area contributed by atoms with Crippen LogP contribution < -0.4 is 4.90 Å². The predicted molar refractivity (Wildman–Crippen MR) is 139 cm³/mol. The number of rotatable bonds is 12. The minimum Gasteiger partial charge on any atom is -0.368 e. The second-order valence-corrected chi connectivity index (χ2v) is 12.4. The molecule has 0 saturated carbocycles. The molecule has 14 heteroatoms. The maximum Gasteiger partial charge on any atom is 0.271 e. The third-order valence-corrected chi connectivity index (χ3v) is 8.50. The fourth-order valence-corrected chi connectivity index (χ4v) is 6.43. The minimum atomic E-state index is -4.10. The zero-order valence-corrected chi connectivity index (χ0v) is 22.9. The highest BCUT2D eigenvalue weighted by Gasteiger charge is 2.34. The summed E-state index contributed by atoms with van der Waals surface area (Å²) < 4.78 is 56.8. The van der Waals surface area contributed by atoms with E-state index in [-0.39, 0.29) is 36.8 Å². The van der Waals surface area contributed by atoms with Crippen LogP contribution in [0.3, 0.4) is 0 Å². The number of hydrogen-bond donors (Lipinski definition) is 0. The van der Waals surface area contributed by atoms with Crippen LogP contribution in [-0.4, -0.2) is 88.1 Å². The van der Waals surface area contributed by atoms with Crippen LogP contribution >= 0.6 is 0 Å². The molecule has 204 valence electrons. The smallest absolute Gasteiger partial charge is 0.271 e. The molecule has 3 rings (SSSR count). The number of benzene rings is 1. The molecule has 0 N–H and O–H groups in total. The zero-order chi connectivity index (χ0) is 27.2. The molecule has 0 radical (unpaired) electrons. The quantitative estimate of drug-likeness (QED) is 0.217. The van der Waals surface area contributed by atoms with Gasteiger partial charge in [-0.15, -0.1) is 0 Å². The van der Waals surface area contributed by atoms with E-state index in [1.165, 1.54) is 10.4 Å². The highest BCUT2D eigenvalue weighted by Crippen LogP contribution is 2.35. The van der Waals surface area contributed by atoms with E-state index in [9.17, 15) is 26.9 Å². The van der Waals surface area contributed by atoms with Crippen molar-refractivity contribution in [2.75, 3.05) is 57.0 Å². The molecule has 1 aromatic heterocycles. The number of nitro benzene ring substituents is 1. The molecule has 2 heterocycles. The summed E-state index contributed by atoms with van der Waals surface area (Å²) in [5.41, 5.74) is 1.30. The summed E-state index contributed by atoms with van der Waals surface area (Å²) in [6, 6.07) is 8.08. The molecule has 1 aliphatic heterocycles. The average molecular weight is 556 g/mol. The van der Waals surface area contributed by atoms with Gasteiger partial charge in [-0.3, -0.25) is 24.2 Å². The second-order valence-electron chi connectivity index (χ2n) is 8.88. The lowest BCUT2D eigenvalue weighted by Gasteiger charge is -2.35. The number of anilines is 1. The molecule has 0 amide bonds. The number of non-ortho nitro benzene ring substituents is 1. The van der Waals surface area contributed by atoms with Crippen molar-refractivity contribution in [3.8, 4) is 0 Å². The number of piperazine rings is 1. The lowest BCUT2D eigenvalue weighted by molar-refractivity contribution is -0.385. The summed E-state index contributed by atoms with van der Waals surface area (Å²) in [6.45, 7) is 5.86. The van der Waals surface area contributed by atoms with Crippen molar-refractivity contribution in [3.05, 3.63) is 57.9 Å². The number of aromatic nitrogens is 1. The third-order valence-electron chi connectivity index (χ3n) is 5.99. The van der Waals surface area contributed by atoms with Gasteiger partial charge in [0.1, 0.15) is 4.90 Å². The Hall–Kier alpha value is -2.65. The fourth-order valence-electron chi connectivity index (χ4n) is 4.33. The molecule has 0 atom stereocenters. The van der Waals surface area contributed by atoms with Gasteiger partial charge in [0, 0.05) is 64.1 Å². The molecule has 0 aliphatic carbocycles. The van der Waals surface area contributed by atoms with Gasteiger partial charge in [-0.25, -0.2) is 8.42 Å². The first kappa shape index (κ1) is 28.9. The van der Waals surface area contributed by atoms with E-state index < -0.39 is 25.1 Å². The van der Waals surface area contributed by atoms with Gasteiger partial charge in [-0.1, -0.05) is 13.0 Å². The highest BCUT2D eigenvalue weighted by molar-refractivity contribution is 7.89. The summed E-state index contributed by atoms with van der Waals surface area (Å²) in [4.78, 5) is 19.0. The van der Waals surface area contributed by atoms with Gasteiger partial charge in [0.2, 0.25) is 10.0 Å². The van der Waals surface area contributed by atoms with Gasteiger partial charge in [0.25, 0.3) is 15.8 Å². The predicted octanol–water partition coefficient (Wildman–Crippen LogP) is 2.00. The minimum absolute atomic E-state index is 0.0972. The van der Waals surface area contributed by atoms with Crippen molar-refractivity contribution in [2.24, 2.45) is 0 Å². The molecule has 0 spiro atoms. The van der Waals surface area contributed by atoms with Crippen LogP contribution in [0, 0.1) is 17.0 Å². The van der Waals surface area contributed by atoms with Crippen LogP contribution in [0.1, 0.15) is 24.6 Å². The number of sulfonamides is 1. The normalized spacial score (nSPS) is 15.5. The van der Waals surface area contributed by atoms with Crippen LogP contribution in [0.2, 0.25) is 0 Å². The first-order valence-electron chi connectivity index (χ1n) is 11.9. The van der Waals surface area contributed by atoms with E-state index in [2.05, 4.69) is 9.88 Å². The summed E-state index contributed by atoms with van der Waals surface area (Å²) >= 11 is 0. The van der Waals surface area contributed by atoms with Gasteiger partial charge < -0.3 is 4.90 Å². The maximum atomic E-state index is 13.9. The first-order valence-corrected chi connectivity index (χ1v) is 15.2. The number of nitro groups is 1. The highest BCUT2D eigenvalue weighted by atomic mass is 32.2. The van der Waals surface area contributed by atoms with Crippen molar-refractivity contribution in [3.63, 3.8) is 0 Å². The number of hydrogen-bond acceptors (Lipinski definition) is 10. The molecule has 1 fully saturated rings. The number of nitrogens with zero attached hydrogens (tertiary/aromatic N) is 5. The Morgan fingerprint density at radius 3 is 2.38 bits per heavy atom. The summed E-state index contributed by atoms with van der Waals surface area (Å²) in [5.74, 6) is 0. The second kappa shape index (κ2) is 12.3. The Kier molecular flexibility index (Phi) is 9.58. The Morgan fingerprint density at radius 2 is 1.81 bits per heavy atom. The van der Waals surface area contributed by atoms with Crippen LogP contribution in [0.5, 0.6) is 0 Å². The van der Waals surface area contributed by atoms with Crippen molar-refractivity contribution in [2.45, 2.75) is 31.7 Å². The molecule has 12 nitrogen and oxygen atoms in total. The SMILES string of the molecule is CCCN(CCOS(C)(=O)=O)c1c(C)cc([N+](=O)[O-])cc1S(=O)(=O)N1CCN(Cc2ccccn2)CC1. The van der Waals surface area contributed by atoms with Crippen LogP contribution in [0.15, 0.2) is 41.4 Å². The lowest BCUT2D eigenvalue weighted by atomic mass is 10.1. The number of aryl methyl sites for hydroxylation is 1. The molecule has 1 aliphatic rings. The topological polar surface area (TPSA) is 143 Å². The van der Waals surface area contributed by atoms with Gasteiger partial charge in [0.15, 0.2) is 0 Å². The van der Waals surface area contributed by atoms with Crippen molar-refractivity contribution in [1.82, 2.24) is 14.2 Å². The standard InChI is InChI=1S/C23H33N5O7S2/c1-4-9-26(14-15-35-36(3,31)32)23-19(2)16-21(28(29)30)17-22(23)37(33,34)27-12-10-25(11-13-27)18-20-7-5-6-8-24-20/h5-8,16-17H,4,9-15,18H2,1-3H3. The third kappa shape index (κ3) is 7.68. The van der Waals surface area contributed by atoms with Crippen LogP contribution in [-0.2, 0) is 30.9 Å². The van der Waals surface area contributed by atoms with Gasteiger partial charge >= 0.3 is 0 Å². The molecule has 0 unspecified atom stereocenters. The van der Waals surface area contributed by atoms with E-state index in [4.69, 9.17) is 4.18 Å². The van der Waals surface area contributed by atoms with Crippen LogP contribution in [0.25, 0.3) is 0 Å². The Labute approximate surface area is 218 Å². The Balaban J connectivity index is 1.91. The van der Waals surface area contributed by atoms with Crippen LogP contribution in [0.4, 0.5) is 11.4 Å². The van der Waals surface area contributed by atoms with Gasteiger partial charge in [-0.05, 0) is 31.0 Å². The van der Waals surface area contributed by atoms with Crippen molar-refractivity contribution in [1.29, 1.82) is 0 Å². The molecule has 1 aromatic carbocycles. The zero-order valence-electron chi connectivity index (χ0n) is 21.2. The largest absolute Gasteiger partial charge is 0.368 e. The fraction of sp³-hybridized carbons (Fsp3) is 0.522. The van der Waals surface area contributed by atoms with Crippen molar-refractivity contribution < 1.29 is 25.9 Å². The van der Waals surface area contributed by atoms with E-state index in [0.717, 1.165) is 18.0 Å². The van der Waals surface area contributed by atoms with Crippen molar-refractivity contribution >= 4 is 31.5 Å². The molecule has 37 heavy (non-hydrogen) atoms. The first-order chi connectivity index (χ1) is 17.4. The summed E-state index contributed by atoms with van der Waals surface area (Å²) in [7, 11) is -7.78. The average Bonchev–Trinajstić information content (AvgIpc) is 2.83. The molecule has 0 bridgehead atoms.